The van der Waals surface area contributed by atoms with Crippen molar-refractivity contribution in [3.05, 3.63) is 65.5 Å². The Labute approximate surface area is 177 Å². The zero-order valence-corrected chi connectivity index (χ0v) is 16.7. The average Bonchev–Trinajstić information content (AvgIpc) is 3.18. The summed E-state index contributed by atoms with van der Waals surface area (Å²) in [7, 11) is -4.44. The van der Waals surface area contributed by atoms with E-state index in [1.807, 2.05) is 0 Å². The molecule has 3 rings (SSSR count). The number of aromatic nitrogens is 3. The topological polar surface area (TPSA) is 120 Å². The van der Waals surface area contributed by atoms with Gasteiger partial charge in [-0.25, -0.2) is 22.3 Å². The van der Waals surface area contributed by atoms with Gasteiger partial charge in [-0.2, -0.15) is 18.3 Å². The molecule has 32 heavy (non-hydrogen) atoms. The lowest BCUT2D eigenvalue weighted by Gasteiger charge is -2.11. The first-order chi connectivity index (χ1) is 14.8. The number of hydrogen-bond donors (Lipinski definition) is 2. The number of primary sulfonamides is 1. The van der Waals surface area contributed by atoms with E-state index in [9.17, 15) is 35.2 Å². The molecule has 3 aromatic rings. The molecule has 2 aromatic carbocycles. The predicted molar refractivity (Wildman–Crippen MR) is 101 cm³/mol. The summed E-state index contributed by atoms with van der Waals surface area (Å²) in [4.78, 5) is 12.1. The summed E-state index contributed by atoms with van der Waals surface area (Å²) >= 11 is 0. The Hall–Kier alpha value is -3.39. The van der Waals surface area contributed by atoms with Crippen LogP contribution >= 0.6 is 0 Å². The van der Waals surface area contributed by atoms with Crippen molar-refractivity contribution in [1.29, 1.82) is 0 Å². The number of amides is 1. The molecule has 0 unspecified atom stereocenters. The second kappa shape index (κ2) is 8.63. The highest BCUT2D eigenvalue weighted by Gasteiger charge is 2.35. The molecule has 0 spiro atoms. The van der Waals surface area contributed by atoms with E-state index in [1.165, 1.54) is 30.3 Å². The fourth-order valence-electron chi connectivity index (χ4n) is 2.67. The van der Waals surface area contributed by atoms with Crippen LogP contribution in [0.4, 0.5) is 27.6 Å². The zero-order chi connectivity index (χ0) is 23.7. The molecule has 1 amide bonds. The number of carbonyl (C=O) groups excluding carboxylic acids is 1. The van der Waals surface area contributed by atoms with Crippen LogP contribution in [0, 0.1) is 0 Å². The first-order valence-electron chi connectivity index (χ1n) is 8.68. The minimum absolute atomic E-state index is 0.0184. The van der Waals surface area contributed by atoms with Gasteiger partial charge in [0.05, 0.1) is 12.6 Å². The number of halogens is 5. The Kier molecular flexibility index (Phi) is 6.27. The van der Waals surface area contributed by atoms with Crippen molar-refractivity contribution in [2.24, 2.45) is 5.14 Å². The zero-order valence-electron chi connectivity index (χ0n) is 15.8. The number of alkyl halides is 5. The van der Waals surface area contributed by atoms with Gasteiger partial charge < -0.3 is 5.32 Å². The molecule has 1 aromatic heterocycles. The highest BCUT2D eigenvalue weighted by atomic mass is 32.2. The van der Waals surface area contributed by atoms with Gasteiger partial charge in [0, 0.05) is 11.3 Å². The lowest BCUT2D eigenvalue weighted by Crippen LogP contribution is -2.19. The van der Waals surface area contributed by atoms with E-state index in [4.69, 9.17) is 5.14 Å². The molecule has 0 aliphatic carbocycles. The van der Waals surface area contributed by atoms with Crippen LogP contribution in [0.15, 0.2) is 53.6 Å². The Morgan fingerprint density at radius 1 is 1.12 bits per heavy atom. The van der Waals surface area contributed by atoms with Crippen LogP contribution in [-0.2, 0) is 27.4 Å². The number of hydrogen-bond acceptors (Lipinski definition) is 5. The average molecular weight is 475 g/mol. The Balaban J connectivity index is 1.84. The number of benzene rings is 2. The molecule has 0 saturated carbocycles. The van der Waals surface area contributed by atoms with E-state index < -0.39 is 39.1 Å². The summed E-state index contributed by atoms with van der Waals surface area (Å²) in [5.74, 6) is -0.598. The molecule has 14 heteroatoms. The van der Waals surface area contributed by atoms with Crippen LogP contribution in [0.1, 0.15) is 23.2 Å². The number of nitrogens with two attached hydrogens (primary N) is 1. The van der Waals surface area contributed by atoms with Crippen molar-refractivity contribution in [3.63, 3.8) is 0 Å². The molecule has 0 fully saturated rings. The van der Waals surface area contributed by atoms with Crippen LogP contribution in [-0.4, -0.2) is 29.3 Å². The third kappa shape index (κ3) is 5.45. The molecule has 0 aliphatic heterocycles. The lowest BCUT2D eigenvalue weighted by atomic mass is 10.1. The molecule has 0 aliphatic rings. The number of rotatable bonds is 6. The third-order valence-corrected chi connectivity index (χ3v) is 5.08. The van der Waals surface area contributed by atoms with E-state index in [0.717, 1.165) is 12.1 Å². The van der Waals surface area contributed by atoms with Gasteiger partial charge in [0.2, 0.25) is 15.9 Å². The normalized spacial score (nSPS) is 12.2. The largest absolute Gasteiger partial charge is 0.436 e. The maximum Gasteiger partial charge on any atom is 0.436 e. The number of nitrogens with zero attached hydrogens (tertiary/aromatic N) is 3. The molecule has 0 bridgehead atoms. The van der Waals surface area contributed by atoms with Crippen LogP contribution in [0.3, 0.4) is 0 Å². The molecular weight excluding hydrogens is 461 g/mol. The molecule has 0 atom stereocenters. The Bertz CT molecular complexity index is 1240. The van der Waals surface area contributed by atoms with Gasteiger partial charge in [-0.15, -0.1) is 9.90 Å². The highest BCUT2D eigenvalue weighted by Crippen LogP contribution is 2.28. The van der Waals surface area contributed by atoms with Gasteiger partial charge in [-0.05, 0) is 23.8 Å². The molecular formula is C18H14F5N5O3S. The summed E-state index contributed by atoms with van der Waals surface area (Å²) in [6, 6.07) is 8.29. The van der Waals surface area contributed by atoms with Gasteiger partial charge in [-0.3, -0.25) is 4.79 Å². The van der Waals surface area contributed by atoms with Gasteiger partial charge in [0.1, 0.15) is 10.6 Å². The first-order valence-corrected chi connectivity index (χ1v) is 10.2. The highest BCUT2D eigenvalue weighted by molar-refractivity contribution is 7.89. The lowest BCUT2D eigenvalue weighted by molar-refractivity contribution is -0.141. The second-order valence-electron chi connectivity index (χ2n) is 6.51. The van der Waals surface area contributed by atoms with Crippen molar-refractivity contribution in [2.75, 3.05) is 5.32 Å². The van der Waals surface area contributed by atoms with E-state index in [0.29, 0.717) is 16.6 Å². The molecule has 0 radical (unpaired) electrons. The summed E-state index contributed by atoms with van der Waals surface area (Å²) in [5, 5.41) is 14.2. The number of anilines is 1. The second-order valence-corrected chi connectivity index (χ2v) is 8.04. The van der Waals surface area contributed by atoms with E-state index >= 15 is 0 Å². The number of sulfonamides is 1. The smallest absolute Gasteiger partial charge is 0.326 e. The van der Waals surface area contributed by atoms with Crippen molar-refractivity contribution in [3.8, 4) is 5.69 Å². The fraction of sp³-hybridized carbons (Fsp3) is 0.167. The molecule has 1 heterocycles. The summed E-state index contributed by atoms with van der Waals surface area (Å²) in [6.07, 6.45) is -7.22. The minimum Gasteiger partial charge on any atom is -0.326 e. The molecule has 170 valence electrons. The van der Waals surface area contributed by atoms with Crippen LogP contribution in [0.5, 0.6) is 0 Å². The minimum atomic E-state index is -4.79. The standard InChI is InChI=1S/C18H14F5N5O3S/c19-17(20)11-3-1-10(2-4-11)7-16(29)26-12-5-6-13(14(8-12)32(24,30)31)28-25-9-15(27-28)18(21,22)23/h1-6,8-9,17H,7H2,(H,26,29)(H2,24,30,31). The van der Waals surface area contributed by atoms with Crippen LogP contribution < -0.4 is 10.5 Å². The van der Waals surface area contributed by atoms with Gasteiger partial charge in [0.25, 0.3) is 6.43 Å². The predicted octanol–water partition coefficient (Wildman–Crippen LogP) is 3.05. The van der Waals surface area contributed by atoms with E-state index in [1.54, 1.807) is 0 Å². The van der Waals surface area contributed by atoms with Crippen LogP contribution in [0.2, 0.25) is 0 Å². The summed E-state index contributed by atoms with van der Waals surface area (Å²) in [5.41, 5.74) is -1.49. The Morgan fingerprint density at radius 3 is 2.31 bits per heavy atom. The van der Waals surface area contributed by atoms with Gasteiger partial charge in [-0.1, -0.05) is 24.3 Å². The van der Waals surface area contributed by atoms with Crippen molar-refractivity contribution in [1.82, 2.24) is 15.0 Å². The maximum absolute atomic E-state index is 12.8. The third-order valence-electron chi connectivity index (χ3n) is 4.14. The maximum atomic E-state index is 12.8. The molecule has 0 saturated heterocycles. The van der Waals surface area contributed by atoms with E-state index in [-0.39, 0.29) is 23.4 Å². The van der Waals surface area contributed by atoms with Crippen molar-refractivity contribution < 1.29 is 35.2 Å². The first kappa shape index (κ1) is 23.3. The van der Waals surface area contributed by atoms with E-state index in [2.05, 4.69) is 15.5 Å². The SMILES string of the molecule is NS(=O)(=O)c1cc(NC(=O)Cc2ccc(C(F)F)cc2)ccc1-n1ncc(C(F)(F)F)n1. The molecule has 8 nitrogen and oxygen atoms in total. The Morgan fingerprint density at radius 2 is 1.78 bits per heavy atom. The van der Waals surface area contributed by atoms with Gasteiger partial charge in [0.15, 0.2) is 5.69 Å². The quantitative estimate of drug-likeness (QED) is 0.531. The number of carbonyl (C=O) groups is 1. The summed E-state index contributed by atoms with van der Waals surface area (Å²) in [6.45, 7) is 0. The van der Waals surface area contributed by atoms with Crippen LogP contribution in [0.25, 0.3) is 5.69 Å². The molecule has 3 N–H and O–H groups in total. The number of nitrogens with one attached hydrogen (secondary N) is 1. The van der Waals surface area contributed by atoms with Crippen molar-refractivity contribution >= 4 is 21.6 Å². The van der Waals surface area contributed by atoms with Gasteiger partial charge >= 0.3 is 6.18 Å². The summed E-state index contributed by atoms with van der Waals surface area (Å²) < 4.78 is 87.4. The monoisotopic (exact) mass is 475 g/mol. The fourth-order valence-corrected chi connectivity index (χ4v) is 3.40. The van der Waals surface area contributed by atoms with Crippen molar-refractivity contribution in [2.45, 2.75) is 23.9 Å².